The Bertz CT molecular complexity index is 902. The van der Waals surface area contributed by atoms with Crippen molar-refractivity contribution in [3.63, 3.8) is 0 Å². The van der Waals surface area contributed by atoms with Crippen molar-refractivity contribution in [1.29, 1.82) is 0 Å². The summed E-state index contributed by atoms with van der Waals surface area (Å²) in [7, 11) is 0. The van der Waals surface area contributed by atoms with Crippen molar-refractivity contribution in [3.8, 4) is 0 Å². The van der Waals surface area contributed by atoms with Gasteiger partial charge in [-0.05, 0) is 29.5 Å². The number of halogens is 3. The summed E-state index contributed by atoms with van der Waals surface area (Å²) < 4.78 is 40.0. The maximum absolute atomic E-state index is 13.0. The average Bonchev–Trinajstić information content (AvgIpc) is 3.03. The Balaban J connectivity index is 1.82. The monoisotopic (exact) mass is 411 g/mol. The van der Waals surface area contributed by atoms with Crippen LogP contribution in [0.1, 0.15) is 44.4 Å². The van der Waals surface area contributed by atoms with Gasteiger partial charge in [0, 0.05) is 18.8 Å². The standard InChI is InChI=1S/C19H24F3N5O2/c1-17(2,3)11-18(23,16(28)29)12-4-6-13(7-5-12)26-8-9-27-14(10-26)24-25-15(27)19(20,21)22/h4-7H,8-11,23H2,1-3H3,(H,28,29). The molecule has 7 nitrogen and oxygen atoms in total. The highest BCUT2D eigenvalue weighted by Gasteiger charge is 2.41. The molecule has 0 fully saturated rings. The number of aliphatic carboxylic acids is 1. The minimum atomic E-state index is -4.54. The summed E-state index contributed by atoms with van der Waals surface area (Å²) in [4.78, 5) is 13.7. The third kappa shape index (κ3) is 4.21. The Hall–Kier alpha value is -2.62. The Kier molecular flexibility index (Phi) is 5.10. The van der Waals surface area contributed by atoms with Crippen LogP contribution >= 0.6 is 0 Å². The number of carboxylic acids is 1. The number of hydrogen-bond donors (Lipinski definition) is 2. The van der Waals surface area contributed by atoms with E-state index in [1.807, 2.05) is 25.7 Å². The van der Waals surface area contributed by atoms with E-state index < -0.39 is 23.5 Å². The van der Waals surface area contributed by atoms with Crippen molar-refractivity contribution in [2.24, 2.45) is 11.1 Å². The highest BCUT2D eigenvalue weighted by Crippen LogP contribution is 2.35. The molecule has 1 aliphatic heterocycles. The fourth-order valence-electron chi connectivity index (χ4n) is 3.70. The maximum atomic E-state index is 13.0. The van der Waals surface area contributed by atoms with Crippen molar-refractivity contribution < 1.29 is 23.1 Å². The number of fused-ring (bicyclic) bond motifs is 1. The van der Waals surface area contributed by atoms with E-state index >= 15 is 0 Å². The van der Waals surface area contributed by atoms with Crippen LogP contribution in [-0.4, -0.2) is 32.4 Å². The SMILES string of the molecule is CC(C)(C)CC(N)(C(=O)O)c1ccc(N2CCn3c(nnc3C(F)(F)F)C2)cc1. The number of aromatic nitrogens is 3. The molecule has 2 aromatic rings. The van der Waals surface area contributed by atoms with Gasteiger partial charge in [0.1, 0.15) is 5.54 Å². The first kappa shape index (κ1) is 21.1. The zero-order valence-electron chi connectivity index (χ0n) is 16.5. The molecule has 1 atom stereocenters. The lowest BCUT2D eigenvalue weighted by Crippen LogP contribution is -2.47. The fraction of sp³-hybridized carbons (Fsp3) is 0.526. The number of carboxylic acid groups (broad SMARTS) is 1. The molecule has 1 aromatic heterocycles. The molecule has 2 heterocycles. The number of nitrogens with two attached hydrogens (primary N) is 1. The van der Waals surface area contributed by atoms with Gasteiger partial charge >= 0.3 is 12.1 Å². The van der Waals surface area contributed by atoms with Gasteiger partial charge in [-0.1, -0.05) is 32.9 Å². The second kappa shape index (κ2) is 7.01. The molecule has 1 aliphatic rings. The predicted octanol–water partition coefficient (Wildman–Crippen LogP) is 2.99. The molecule has 0 spiro atoms. The van der Waals surface area contributed by atoms with Crippen LogP contribution in [-0.2, 0) is 29.6 Å². The molecule has 0 saturated carbocycles. The smallest absolute Gasteiger partial charge is 0.451 e. The van der Waals surface area contributed by atoms with Gasteiger partial charge in [0.25, 0.3) is 0 Å². The Morgan fingerprint density at radius 2 is 1.76 bits per heavy atom. The zero-order chi connectivity index (χ0) is 21.6. The second-order valence-electron chi connectivity index (χ2n) is 8.57. The minimum absolute atomic E-state index is 0.110. The van der Waals surface area contributed by atoms with E-state index in [1.165, 1.54) is 0 Å². The van der Waals surface area contributed by atoms with E-state index in [4.69, 9.17) is 5.73 Å². The zero-order valence-corrected chi connectivity index (χ0v) is 16.5. The molecule has 29 heavy (non-hydrogen) atoms. The number of nitrogens with zero attached hydrogens (tertiary/aromatic N) is 4. The second-order valence-corrected chi connectivity index (χ2v) is 8.57. The summed E-state index contributed by atoms with van der Waals surface area (Å²) in [5.74, 6) is -1.86. The van der Waals surface area contributed by atoms with Gasteiger partial charge in [-0.15, -0.1) is 10.2 Å². The van der Waals surface area contributed by atoms with Crippen molar-refractivity contribution in [2.45, 2.75) is 52.0 Å². The molecular formula is C19H24F3N5O2. The predicted molar refractivity (Wildman–Crippen MR) is 100 cm³/mol. The van der Waals surface area contributed by atoms with Gasteiger partial charge in [0.2, 0.25) is 5.82 Å². The van der Waals surface area contributed by atoms with Crippen LogP contribution in [0.3, 0.4) is 0 Å². The van der Waals surface area contributed by atoms with E-state index in [1.54, 1.807) is 24.3 Å². The number of benzene rings is 1. The summed E-state index contributed by atoms with van der Waals surface area (Å²) >= 11 is 0. The van der Waals surface area contributed by atoms with Gasteiger partial charge in [-0.25, -0.2) is 4.79 Å². The van der Waals surface area contributed by atoms with Crippen molar-refractivity contribution in [1.82, 2.24) is 14.8 Å². The number of alkyl halides is 3. The van der Waals surface area contributed by atoms with E-state index in [9.17, 15) is 23.1 Å². The lowest BCUT2D eigenvalue weighted by Gasteiger charge is -2.33. The van der Waals surface area contributed by atoms with E-state index in [-0.39, 0.29) is 30.7 Å². The average molecular weight is 411 g/mol. The molecule has 0 bridgehead atoms. The van der Waals surface area contributed by atoms with Crippen LogP contribution in [0, 0.1) is 5.41 Å². The van der Waals surface area contributed by atoms with Crippen LogP contribution in [0.5, 0.6) is 0 Å². The van der Waals surface area contributed by atoms with Crippen LogP contribution < -0.4 is 10.6 Å². The lowest BCUT2D eigenvalue weighted by molar-refractivity contribution is -0.147. The van der Waals surface area contributed by atoms with Gasteiger partial charge in [0.05, 0.1) is 6.54 Å². The molecule has 0 amide bonds. The van der Waals surface area contributed by atoms with Crippen LogP contribution in [0.4, 0.5) is 18.9 Å². The first-order valence-electron chi connectivity index (χ1n) is 9.18. The largest absolute Gasteiger partial charge is 0.480 e. The minimum Gasteiger partial charge on any atom is -0.480 e. The van der Waals surface area contributed by atoms with Gasteiger partial charge in [0.15, 0.2) is 5.82 Å². The normalized spacial score (nSPS) is 17.0. The highest BCUT2D eigenvalue weighted by atomic mass is 19.4. The molecular weight excluding hydrogens is 387 g/mol. The first-order valence-corrected chi connectivity index (χ1v) is 9.18. The van der Waals surface area contributed by atoms with E-state index in [0.29, 0.717) is 12.1 Å². The van der Waals surface area contributed by atoms with Gasteiger partial charge < -0.3 is 20.3 Å². The molecule has 0 radical (unpaired) electrons. The molecule has 10 heteroatoms. The Morgan fingerprint density at radius 1 is 1.14 bits per heavy atom. The third-order valence-electron chi connectivity index (χ3n) is 4.95. The molecule has 3 N–H and O–H groups in total. The van der Waals surface area contributed by atoms with Crippen molar-refractivity contribution >= 4 is 11.7 Å². The third-order valence-corrected chi connectivity index (χ3v) is 4.95. The van der Waals surface area contributed by atoms with Crippen LogP contribution in [0.15, 0.2) is 24.3 Å². The van der Waals surface area contributed by atoms with E-state index in [2.05, 4.69) is 10.2 Å². The molecule has 158 valence electrons. The number of rotatable bonds is 4. The molecule has 1 unspecified atom stereocenters. The number of hydrogen-bond acceptors (Lipinski definition) is 5. The number of anilines is 1. The van der Waals surface area contributed by atoms with Gasteiger partial charge in [-0.2, -0.15) is 13.2 Å². The summed E-state index contributed by atoms with van der Waals surface area (Å²) in [5.41, 5.74) is 5.65. The highest BCUT2D eigenvalue weighted by molar-refractivity contribution is 5.80. The summed E-state index contributed by atoms with van der Waals surface area (Å²) in [5, 5.41) is 16.6. The molecule has 0 saturated heterocycles. The summed E-state index contributed by atoms with van der Waals surface area (Å²) in [6, 6.07) is 6.80. The molecule has 3 rings (SSSR count). The van der Waals surface area contributed by atoms with Crippen LogP contribution in [0.2, 0.25) is 0 Å². The Labute approximate surface area is 166 Å². The first-order chi connectivity index (χ1) is 13.3. The molecule has 0 aliphatic carbocycles. The fourth-order valence-corrected chi connectivity index (χ4v) is 3.70. The van der Waals surface area contributed by atoms with Gasteiger partial charge in [-0.3, -0.25) is 0 Å². The quantitative estimate of drug-likeness (QED) is 0.803. The van der Waals surface area contributed by atoms with Crippen LogP contribution in [0.25, 0.3) is 0 Å². The molecule has 1 aromatic carbocycles. The van der Waals surface area contributed by atoms with Crippen molar-refractivity contribution in [2.75, 3.05) is 11.4 Å². The Morgan fingerprint density at radius 3 is 2.28 bits per heavy atom. The summed E-state index contributed by atoms with van der Waals surface area (Å²) in [6.07, 6.45) is -4.29. The number of carbonyl (C=O) groups is 1. The lowest BCUT2D eigenvalue weighted by atomic mass is 9.76. The van der Waals surface area contributed by atoms with Crippen molar-refractivity contribution in [3.05, 3.63) is 41.5 Å². The van der Waals surface area contributed by atoms with E-state index in [0.717, 1.165) is 10.3 Å². The topological polar surface area (TPSA) is 97.3 Å². The summed E-state index contributed by atoms with van der Waals surface area (Å²) in [6.45, 7) is 6.40. The maximum Gasteiger partial charge on any atom is 0.451 e.